The number of piperazine rings is 1. The van der Waals surface area contributed by atoms with E-state index < -0.39 is 5.60 Å². The number of nitrogens with zero attached hydrogens (tertiary/aromatic N) is 4. The minimum atomic E-state index is -0.492. The summed E-state index contributed by atoms with van der Waals surface area (Å²) >= 11 is 1.57. The number of nitrogens with two attached hydrogens (primary N) is 1. The highest BCUT2D eigenvalue weighted by molar-refractivity contribution is 14.0. The molecule has 2 N–H and O–H groups in total. The van der Waals surface area contributed by atoms with Crippen molar-refractivity contribution in [3.05, 3.63) is 29.5 Å². The van der Waals surface area contributed by atoms with Crippen LogP contribution in [0.4, 0.5) is 4.79 Å². The minimum Gasteiger partial charge on any atom is -0.444 e. The lowest BCUT2D eigenvalue weighted by Gasteiger charge is -2.36. The van der Waals surface area contributed by atoms with Gasteiger partial charge in [-0.2, -0.15) is 0 Å². The molecule has 0 bridgehead atoms. The topological polar surface area (TPSA) is 97.2 Å². The SMILES string of the molecule is CC(C)(C)OC(=O)N1CCN(C(N)=NCc2coc(-c3cccs3)n2)CC1.I. The molecule has 28 heavy (non-hydrogen) atoms. The average molecular weight is 519 g/mol. The van der Waals surface area contributed by atoms with E-state index in [0.717, 1.165) is 10.6 Å². The van der Waals surface area contributed by atoms with E-state index in [1.807, 2.05) is 43.2 Å². The van der Waals surface area contributed by atoms with Gasteiger partial charge in [0, 0.05) is 26.2 Å². The van der Waals surface area contributed by atoms with Crippen molar-refractivity contribution in [1.82, 2.24) is 14.8 Å². The number of guanidine groups is 1. The Morgan fingerprint density at radius 2 is 2.00 bits per heavy atom. The average Bonchev–Trinajstić information content (AvgIpc) is 3.29. The first-order valence-electron chi connectivity index (χ1n) is 8.83. The molecule has 0 aromatic carbocycles. The van der Waals surface area contributed by atoms with Crippen LogP contribution in [0.3, 0.4) is 0 Å². The van der Waals surface area contributed by atoms with E-state index in [9.17, 15) is 4.79 Å². The second-order valence-corrected chi connectivity index (χ2v) is 8.20. The van der Waals surface area contributed by atoms with Crippen LogP contribution in [0.25, 0.3) is 10.8 Å². The molecule has 10 heteroatoms. The predicted molar refractivity (Wildman–Crippen MR) is 120 cm³/mol. The lowest BCUT2D eigenvalue weighted by atomic mass is 10.2. The molecule has 1 aliphatic rings. The molecular weight excluding hydrogens is 493 g/mol. The summed E-state index contributed by atoms with van der Waals surface area (Å²) in [4.78, 5) is 25.6. The minimum absolute atomic E-state index is 0. The zero-order valence-electron chi connectivity index (χ0n) is 16.3. The van der Waals surface area contributed by atoms with E-state index >= 15 is 0 Å². The lowest BCUT2D eigenvalue weighted by Crippen LogP contribution is -2.53. The highest BCUT2D eigenvalue weighted by Crippen LogP contribution is 2.23. The number of rotatable bonds is 3. The summed E-state index contributed by atoms with van der Waals surface area (Å²) in [6.45, 7) is 8.28. The lowest BCUT2D eigenvalue weighted by molar-refractivity contribution is 0.0186. The van der Waals surface area contributed by atoms with Gasteiger partial charge in [0.1, 0.15) is 17.6 Å². The standard InChI is InChI=1S/C18H25N5O3S.HI/c1-18(2,3)26-17(24)23-8-6-22(7-9-23)16(19)20-11-13-12-25-15(21-13)14-5-4-10-27-14;/h4-5,10,12H,6-9,11H2,1-3H3,(H2,19,20);1H. The number of thiophene rings is 1. The Kier molecular flexibility index (Phi) is 7.70. The van der Waals surface area contributed by atoms with Crippen LogP contribution in [0.15, 0.2) is 33.2 Å². The zero-order chi connectivity index (χ0) is 19.4. The number of hydrogen-bond acceptors (Lipinski definition) is 6. The van der Waals surface area contributed by atoms with Crippen LogP contribution in [0, 0.1) is 0 Å². The van der Waals surface area contributed by atoms with Crippen molar-refractivity contribution < 1.29 is 13.9 Å². The van der Waals surface area contributed by atoms with Crippen molar-refractivity contribution in [2.75, 3.05) is 26.2 Å². The molecule has 2 aromatic heterocycles. The van der Waals surface area contributed by atoms with Crippen molar-refractivity contribution in [3.63, 3.8) is 0 Å². The fourth-order valence-corrected chi connectivity index (χ4v) is 3.26. The monoisotopic (exact) mass is 519 g/mol. The Morgan fingerprint density at radius 1 is 1.32 bits per heavy atom. The van der Waals surface area contributed by atoms with Crippen LogP contribution >= 0.6 is 35.3 Å². The van der Waals surface area contributed by atoms with Crippen LogP contribution in [-0.4, -0.2) is 58.6 Å². The third-order valence-electron chi connectivity index (χ3n) is 3.94. The van der Waals surface area contributed by atoms with E-state index in [-0.39, 0.29) is 30.1 Å². The van der Waals surface area contributed by atoms with Gasteiger partial charge < -0.3 is 24.7 Å². The van der Waals surface area contributed by atoms with Crippen molar-refractivity contribution in [2.24, 2.45) is 10.7 Å². The van der Waals surface area contributed by atoms with Gasteiger partial charge in [-0.05, 0) is 32.2 Å². The smallest absolute Gasteiger partial charge is 0.410 e. The van der Waals surface area contributed by atoms with Gasteiger partial charge in [-0.1, -0.05) is 6.07 Å². The first kappa shape index (κ1) is 22.5. The normalized spacial score (nSPS) is 15.3. The molecule has 1 amide bonds. The highest BCUT2D eigenvalue weighted by Gasteiger charge is 2.26. The Balaban J connectivity index is 0.00000280. The number of hydrogen-bond donors (Lipinski definition) is 1. The molecular formula is C18H26IN5O3S. The molecule has 154 valence electrons. The van der Waals surface area contributed by atoms with Crippen LogP contribution in [0.1, 0.15) is 26.5 Å². The van der Waals surface area contributed by atoms with E-state index in [4.69, 9.17) is 14.9 Å². The van der Waals surface area contributed by atoms with Gasteiger partial charge in [0.2, 0.25) is 5.89 Å². The highest BCUT2D eigenvalue weighted by atomic mass is 127. The molecule has 1 aliphatic heterocycles. The zero-order valence-corrected chi connectivity index (χ0v) is 19.4. The van der Waals surface area contributed by atoms with Crippen molar-refractivity contribution in [3.8, 4) is 10.8 Å². The van der Waals surface area contributed by atoms with Gasteiger partial charge in [0.15, 0.2) is 5.96 Å². The van der Waals surface area contributed by atoms with Crippen LogP contribution < -0.4 is 5.73 Å². The maximum atomic E-state index is 12.1. The van der Waals surface area contributed by atoms with E-state index in [0.29, 0.717) is 44.6 Å². The van der Waals surface area contributed by atoms with Crippen molar-refractivity contribution in [2.45, 2.75) is 32.9 Å². The number of aromatic nitrogens is 1. The molecule has 2 aromatic rings. The van der Waals surface area contributed by atoms with Gasteiger partial charge in [0.05, 0.1) is 11.4 Å². The van der Waals surface area contributed by atoms with Gasteiger partial charge in [-0.3, -0.25) is 0 Å². The summed E-state index contributed by atoms with van der Waals surface area (Å²) in [5, 5.41) is 1.98. The summed E-state index contributed by atoms with van der Waals surface area (Å²) in [5.41, 5.74) is 6.34. The molecule has 8 nitrogen and oxygen atoms in total. The molecule has 0 unspecified atom stereocenters. The third-order valence-corrected chi connectivity index (χ3v) is 4.80. The Morgan fingerprint density at radius 3 is 2.61 bits per heavy atom. The second-order valence-electron chi connectivity index (χ2n) is 7.25. The Bertz CT molecular complexity index is 793. The number of carbonyl (C=O) groups is 1. The summed E-state index contributed by atoms with van der Waals surface area (Å²) in [6, 6.07) is 3.92. The first-order chi connectivity index (χ1) is 12.8. The number of ether oxygens (including phenoxy) is 1. The van der Waals surface area contributed by atoms with Crippen LogP contribution in [-0.2, 0) is 11.3 Å². The quantitative estimate of drug-likeness (QED) is 0.380. The molecule has 0 atom stereocenters. The molecule has 1 saturated heterocycles. The van der Waals surface area contributed by atoms with Gasteiger partial charge in [-0.15, -0.1) is 35.3 Å². The Hall–Kier alpha value is -1.82. The first-order valence-corrected chi connectivity index (χ1v) is 9.71. The van der Waals surface area contributed by atoms with E-state index in [1.165, 1.54) is 0 Å². The maximum absolute atomic E-state index is 12.1. The molecule has 0 spiro atoms. The predicted octanol–water partition coefficient (Wildman–Crippen LogP) is 3.39. The van der Waals surface area contributed by atoms with Crippen LogP contribution in [0.5, 0.6) is 0 Å². The van der Waals surface area contributed by atoms with Crippen molar-refractivity contribution >= 4 is 47.4 Å². The molecule has 0 aliphatic carbocycles. The number of oxazole rings is 1. The Labute approximate surface area is 185 Å². The van der Waals surface area contributed by atoms with E-state index in [1.54, 1.807) is 22.5 Å². The molecule has 0 radical (unpaired) electrons. The largest absolute Gasteiger partial charge is 0.444 e. The number of carbonyl (C=O) groups excluding carboxylic acids is 1. The van der Waals surface area contributed by atoms with Gasteiger partial charge in [-0.25, -0.2) is 14.8 Å². The van der Waals surface area contributed by atoms with Crippen LogP contribution in [0.2, 0.25) is 0 Å². The van der Waals surface area contributed by atoms with E-state index in [2.05, 4.69) is 9.98 Å². The summed E-state index contributed by atoms with van der Waals surface area (Å²) in [6.07, 6.45) is 1.31. The fourth-order valence-electron chi connectivity index (χ4n) is 2.60. The fraction of sp³-hybridized carbons (Fsp3) is 0.500. The van der Waals surface area contributed by atoms with Gasteiger partial charge >= 0.3 is 6.09 Å². The van der Waals surface area contributed by atoms with Crippen molar-refractivity contribution in [1.29, 1.82) is 0 Å². The number of amides is 1. The molecule has 3 heterocycles. The summed E-state index contributed by atoms with van der Waals surface area (Å²) < 4.78 is 10.9. The summed E-state index contributed by atoms with van der Waals surface area (Å²) in [5.74, 6) is 1.04. The number of aliphatic imine (C=N–C) groups is 1. The third kappa shape index (κ3) is 6.09. The second kappa shape index (κ2) is 9.59. The molecule has 3 rings (SSSR count). The number of halogens is 1. The maximum Gasteiger partial charge on any atom is 0.410 e. The van der Waals surface area contributed by atoms with Gasteiger partial charge in [0.25, 0.3) is 0 Å². The molecule has 0 saturated carbocycles. The summed E-state index contributed by atoms with van der Waals surface area (Å²) in [7, 11) is 0. The molecule has 1 fully saturated rings.